The van der Waals surface area contributed by atoms with Crippen LogP contribution in [0.2, 0.25) is 0 Å². The Morgan fingerprint density at radius 3 is 2.83 bits per heavy atom. The highest BCUT2D eigenvalue weighted by Gasteiger charge is 2.24. The summed E-state index contributed by atoms with van der Waals surface area (Å²) < 4.78 is 0. The zero-order chi connectivity index (χ0) is 8.39. The van der Waals surface area contributed by atoms with Gasteiger partial charge in [-0.2, -0.15) is 11.8 Å². The van der Waals surface area contributed by atoms with Crippen LogP contribution in [0.4, 0.5) is 0 Å². The van der Waals surface area contributed by atoms with E-state index in [0.29, 0.717) is 0 Å². The lowest BCUT2D eigenvalue weighted by molar-refractivity contribution is 0.153. The van der Waals surface area contributed by atoms with Crippen molar-refractivity contribution in [3.05, 3.63) is 0 Å². The maximum atomic E-state index is 2.69. The number of hydrogen-bond donors (Lipinski definition) is 0. The summed E-state index contributed by atoms with van der Waals surface area (Å²) in [7, 11) is 0. The van der Waals surface area contributed by atoms with Crippen molar-refractivity contribution in [1.29, 1.82) is 0 Å². The van der Waals surface area contributed by atoms with E-state index in [9.17, 15) is 0 Å². The quantitative estimate of drug-likeness (QED) is 0.649. The van der Waals surface area contributed by atoms with Gasteiger partial charge in [0.1, 0.15) is 0 Å². The zero-order valence-electron chi connectivity index (χ0n) is 7.96. The predicted molar refractivity (Wildman–Crippen MR) is 55.7 cm³/mol. The van der Waals surface area contributed by atoms with Crippen molar-refractivity contribution in [1.82, 2.24) is 4.90 Å². The molecule has 0 radical (unpaired) electrons. The molecule has 0 aromatic carbocycles. The first-order chi connectivity index (χ1) is 5.86. The molecule has 2 fully saturated rings. The van der Waals surface area contributed by atoms with E-state index in [1.165, 1.54) is 43.9 Å². The van der Waals surface area contributed by atoms with Gasteiger partial charge in [0.2, 0.25) is 0 Å². The van der Waals surface area contributed by atoms with Gasteiger partial charge in [-0.1, -0.05) is 6.42 Å². The molecule has 1 aliphatic carbocycles. The van der Waals surface area contributed by atoms with Gasteiger partial charge < -0.3 is 0 Å². The van der Waals surface area contributed by atoms with Crippen LogP contribution in [0.3, 0.4) is 0 Å². The van der Waals surface area contributed by atoms with Crippen molar-refractivity contribution in [3.8, 4) is 0 Å². The van der Waals surface area contributed by atoms with Gasteiger partial charge in [-0.05, 0) is 25.7 Å². The van der Waals surface area contributed by atoms with E-state index in [1.807, 2.05) is 0 Å². The molecular formula is C10H19NS. The summed E-state index contributed by atoms with van der Waals surface area (Å²) in [6.45, 7) is 5.11. The monoisotopic (exact) mass is 185 g/mol. The summed E-state index contributed by atoms with van der Waals surface area (Å²) >= 11 is 2.12. The lowest BCUT2D eigenvalue weighted by atomic mass is 9.85. The number of thioether (sulfide) groups is 1. The normalized spacial score (nSPS) is 33.2. The number of rotatable bonds is 2. The van der Waals surface area contributed by atoms with Crippen LogP contribution in [-0.2, 0) is 0 Å². The smallest absolute Gasteiger partial charge is 0.0158 e. The molecule has 2 heteroatoms. The summed E-state index contributed by atoms with van der Waals surface area (Å²) in [6.07, 6.45) is 4.48. The van der Waals surface area contributed by atoms with Crippen LogP contribution in [0, 0.1) is 5.92 Å². The molecule has 0 aromatic rings. The van der Waals surface area contributed by atoms with Crippen molar-refractivity contribution in [2.75, 3.05) is 24.6 Å². The standard InChI is InChI=1S/C10H19NS/c1-9-8-12-6-5-11(9)7-10-3-2-4-10/h9-10H,2-8H2,1H3. The molecule has 0 aromatic heterocycles. The van der Waals surface area contributed by atoms with Crippen molar-refractivity contribution >= 4 is 11.8 Å². The maximum absolute atomic E-state index is 2.69. The lowest BCUT2D eigenvalue weighted by Crippen LogP contribution is -2.44. The summed E-state index contributed by atoms with van der Waals surface area (Å²) in [4.78, 5) is 2.69. The average molecular weight is 185 g/mol. The van der Waals surface area contributed by atoms with Gasteiger partial charge in [-0.15, -0.1) is 0 Å². The van der Waals surface area contributed by atoms with E-state index in [2.05, 4.69) is 23.6 Å². The molecule has 1 saturated carbocycles. The molecule has 1 saturated heterocycles. The lowest BCUT2D eigenvalue weighted by Gasteiger charge is -2.38. The first-order valence-electron chi connectivity index (χ1n) is 5.18. The van der Waals surface area contributed by atoms with Crippen LogP contribution in [0.5, 0.6) is 0 Å². The van der Waals surface area contributed by atoms with E-state index in [4.69, 9.17) is 0 Å². The van der Waals surface area contributed by atoms with E-state index >= 15 is 0 Å². The van der Waals surface area contributed by atoms with Crippen molar-refractivity contribution < 1.29 is 0 Å². The minimum absolute atomic E-state index is 0.837. The molecule has 1 nitrogen and oxygen atoms in total. The van der Waals surface area contributed by atoms with Gasteiger partial charge >= 0.3 is 0 Å². The van der Waals surface area contributed by atoms with E-state index in [-0.39, 0.29) is 0 Å². The van der Waals surface area contributed by atoms with Gasteiger partial charge in [0, 0.05) is 30.6 Å². The van der Waals surface area contributed by atoms with Gasteiger partial charge in [-0.3, -0.25) is 4.90 Å². The van der Waals surface area contributed by atoms with Crippen LogP contribution < -0.4 is 0 Å². The summed E-state index contributed by atoms with van der Waals surface area (Å²) in [5.41, 5.74) is 0. The van der Waals surface area contributed by atoms with Crippen molar-refractivity contribution in [2.24, 2.45) is 5.92 Å². The molecule has 1 heterocycles. The molecule has 0 spiro atoms. The van der Waals surface area contributed by atoms with Gasteiger partial charge in [0.05, 0.1) is 0 Å². The second-order valence-electron chi connectivity index (χ2n) is 4.22. The van der Waals surface area contributed by atoms with E-state index in [0.717, 1.165) is 12.0 Å². The Labute approximate surface area is 79.9 Å². The molecule has 1 unspecified atom stereocenters. The van der Waals surface area contributed by atoms with Crippen LogP contribution in [0.25, 0.3) is 0 Å². The summed E-state index contributed by atoms with van der Waals surface area (Å²) in [5.74, 6) is 3.76. The van der Waals surface area contributed by atoms with Crippen molar-refractivity contribution in [3.63, 3.8) is 0 Å². The Kier molecular flexibility index (Phi) is 2.97. The Bertz CT molecular complexity index is 145. The Hall–Kier alpha value is 0.310. The SMILES string of the molecule is CC1CSCCN1CC1CCC1. The molecule has 1 aliphatic heterocycles. The van der Waals surface area contributed by atoms with E-state index in [1.54, 1.807) is 0 Å². The topological polar surface area (TPSA) is 3.24 Å². The number of nitrogens with zero attached hydrogens (tertiary/aromatic N) is 1. The molecule has 0 amide bonds. The maximum Gasteiger partial charge on any atom is 0.0158 e. The molecule has 12 heavy (non-hydrogen) atoms. The highest BCUT2D eigenvalue weighted by molar-refractivity contribution is 7.99. The van der Waals surface area contributed by atoms with Gasteiger partial charge in [0.25, 0.3) is 0 Å². The third kappa shape index (κ3) is 1.97. The number of hydrogen-bond acceptors (Lipinski definition) is 2. The fraction of sp³-hybridized carbons (Fsp3) is 1.00. The third-order valence-corrected chi connectivity index (χ3v) is 4.41. The van der Waals surface area contributed by atoms with Crippen LogP contribution in [0.15, 0.2) is 0 Å². The highest BCUT2D eigenvalue weighted by atomic mass is 32.2. The molecule has 1 atom stereocenters. The Balaban J connectivity index is 1.76. The minimum Gasteiger partial charge on any atom is -0.299 e. The Morgan fingerprint density at radius 2 is 2.25 bits per heavy atom. The minimum atomic E-state index is 0.837. The molecule has 0 N–H and O–H groups in total. The van der Waals surface area contributed by atoms with Crippen LogP contribution in [0.1, 0.15) is 26.2 Å². The third-order valence-electron chi connectivity index (χ3n) is 3.22. The average Bonchev–Trinajstić information content (AvgIpc) is 2.00. The molecule has 2 rings (SSSR count). The van der Waals surface area contributed by atoms with Crippen LogP contribution in [-0.4, -0.2) is 35.5 Å². The van der Waals surface area contributed by atoms with Crippen molar-refractivity contribution in [2.45, 2.75) is 32.2 Å². The predicted octanol–water partition coefficient (Wildman–Crippen LogP) is 2.22. The molecule has 0 bridgehead atoms. The van der Waals surface area contributed by atoms with Gasteiger partial charge in [-0.25, -0.2) is 0 Å². The molecule has 2 aliphatic rings. The zero-order valence-corrected chi connectivity index (χ0v) is 8.78. The van der Waals surface area contributed by atoms with E-state index < -0.39 is 0 Å². The molecular weight excluding hydrogens is 166 g/mol. The summed E-state index contributed by atoms with van der Waals surface area (Å²) in [6, 6.07) is 0.837. The van der Waals surface area contributed by atoms with Crippen LogP contribution >= 0.6 is 11.8 Å². The highest BCUT2D eigenvalue weighted by Crippen LogP contribution is 2.29. The fourth-order valence-electron chi connectivity index (χ4n) is 2.04. The largest absolute Gasteiger partial charge is 0.299 e. The molecule has 70 valence electrons. The Morgan fingerprint density at radius 1 is 1.42 bits per heavy atom. The first-order valence-corrected chi connectivity index (χ1v) is 6.33. The first kappa shape index (κ1) is 8.89. The summed E-state index contributed by atoms with van der Waals surface area (Å²) in [5, 5.41) is 0. The fourth-order valence-corrected chi connectivity index (χ4v) is 3.12. The van der Waals surface area contributed by atoms with Gasteiger partial charge in [0.15, 0.2) is 0 Å². The second kappa shape index (κ2) is 4.01. The second-order valence-corrected chi connectivity index (χ2v) is 5.37.